The zero-order valence-corrected chi connectivity index (χ0v) is 14.1. The molecule has 6 nitrogen and oxygen atoms in total. The van der Waals surface area contributed by atoms with Gasteiger partial charge in [0.2, 0.25) is 5.88 Å². The Bertz CT molecular complexity index is 704. The quantitative estimate of drug-likeness (QED) is 0.633. The van der Waals surface area contributed by atoms with Crippen molar-refractivity contribution in [1.29, 1.82) is 0 Å². The van der Waals surface area contributed by atoms with Crippen molar-refractivity contribution >= 4 is 41.1 Å². The third kappa shape index (κ3) is 5.30. The number of benzene rings is 1. The molecule has 0 radical (unpaired) electrons. The molecule has 1 aromatic heterocycles. The first-order valence-corrected chi connectivity index (χ1v) is 8.13. The van der Waals surface area contributed by atoms with Crippen molar-refractivity contribution in [2.24, 2.45) is 0 Å². The van der Waals surface area contributed by atoms with E-state index in [1.165, 1.54) is 18.7 Å². The molecule has 0 aliphatic heterocycles. The van der Waals surface area contributed by atoms with Crippen LogP contribution in [0.25, 0.3) is 0 Å². The minimum Gasteiger partial charge on any atom is -0.452 e. The number of carbonyl (C=O) groups excluding carboxylic acids is 2. The normalized spacial score (nSPS) is 11.8. The van der Waals surface area contributed by atoms with E-state index in [0.717, 1.165) is 4.90 Å². The lowest BCUT2D eigenvalue weighted by Gasteiger charge is -2.12. The van der Waals surface area contributed by atoms with Crippen molar-refractivity contribution in [2.45, 2.75) is 24.8 Å². The summed E-state index contributed by atoms with van der Waals surface area (Å²) in [5, 5.41) is 6.69. The van der Waals surface area contributed by atoms with E-state index in [-0.39, 0.29) is 11.6 Å². The second-order valence-corrected chi connectivity index (χ2v) is 6.10. The fraction of sp³-hybridized carbons (Fsp3) is 0.267. The summed E-state index contributed by atoms with van der Waals surface area (Å²) in [7, 11) is 0. The van der Waals surface area contributed by atoms with E-state index < -0.39 is 18.0 Å². The highest BCUT2D eigenvalue weighted by Gasteiger charge is 2.19. The lowest BCUT2D eigenvalue weighted by Crippen LogP contribution is -2.30. The molecule has 0 aliphatic carbocycles. The zero-order valence-electron chi connectivity index (χ0n) is 12.5. The highest BCUT2D eigenvalue weighted by atomic mass is 35.5. The van der Waals surface area contributed by atoms with Crippen molar-refractivity contribution in [3.05, 3.63) is 41.0 Å². The van der Waals surface area contributed by atoms with Gasteiger partial charge in [-0.15, -0.1) is 11.8 Å². The second-order valence-electron chi connectivity index (χ2n) is 4.67. The number of nitrogens with zero attached hydrogens (tertiary/aromatic N) is 1. The number of nitrogens with one attached hydrogen (secondary N) is 1. The van der Waals surface area contributed by atoms with E-state index in [4.69, 9.17) is 20.9 Å². The lowest BCUT2D eigenvalue weighted by molar-refractivity contribution is -0.150. The SMILES string of the molecule is Cc1cc(NC(=O)C(C)OC(=O)CSc2ccccc2Cl)on1. The summed E-state index contributed by atoms with van der Waals surface area (Å²) < 4.78 is 9.94. The molecule has 0 saturated heterocycles. The van der Waals surface area contributed by atoms with Crippen molar-refractivity contribution in [1.82, 2.24) is 5.16 Å². The largest absolute Gasteiger partial charge is 0.452 e. The van der Waals surface area contributed by atoms with E-state index in [2.05, 4.69) is 10.5 Å². The van der Waals surface area contributed by atoms with Gasteiger partial charge < -0.3 is 9.26 Å². The predicted molar refractivity (Wildman–Crippen MR) is 87.6 cm³/mol. The minimum atomic E-state index is -0.945. The van der Waals surface area contributed by atoms with Crippen molar-refractivity contribution in [3.8, 4) is 0 Å². The standard InChI is InChI=1S/C15H15ClN2O4S/c1-9-7-13(22-18-9)17-15(20)10(2)21-14(19)8-23-12-6-4-3-5-11(12)16/h3-7,10H,8H2,1-2H3,(H,17,20). The molecule has 0 bridgehead atoms. The van der Waals surface area contributed by atoms with Crippen LogP contribution in [0.15, 0.2) is 39.8 Å². The van der Waals surface area contributed by atoms with Gasteiger partial charge in [-0.25, -0.2) is 0 Å². The summed E-state index contributed by atoms with van der Waals surface area (Å²) >= 11 is 7.25. The molecule has 1 N–H and O–H groups in total. The number of hydrogen-bond acceptors (Lipinski definition) is 6. The van der Waals surface area contributed by atoms with Crippen LogP contribution in [0.5, 0.6) is 0 Å². The molecule has 0 aliphatic rings. The number of halogens is 1. The number of rotatable bonds is 6. The number of anilines is 1. The molecule has 2 rings (SSSR count). The van der Waals surface area contributed by atoms with Crippen LogP contribution in [0, 0.1) is 6.92 Å². The highest BCUT2D eigenvalue weighted by molar-refractivity contribution is 8.00. The molecule has 0 saturated carbocycles. The number of hydrogen-bond donors (Lipinski definition) is 1. The van der Waals surface area contributed by atoms with Crippen LogP contribution in [0.1, 0.15) is 12.6 Å². The predicted octanol–water partition coefficient (Wildman–Crippen LogP) is 3.30. The Morgan fingerprint density at radius 2 is 2.17 bits per heavy atom. The van der Waals surface area contributed by atoms with Gasteiger partial charge in [0.15, 0.2) is 6.10 Å². The first-order chi connectivity index (χ1) is 11.0. The summed E-state index contributed by atoms with van der Waals surface area (Å²) in [6, 6.07) is 8.75. The van der Waals surface area contributed by atoms with Gasteiger partial charge in [-0.3, -0.25) is 14.9 Å². The van der Waals surface area contributed by atoms with Gasteiger partial charge in [0.25, 0.3) is 5.91 Å². The average molecular weight is 355 g/mol. The molecule has 23 heavy (non-hydrogen) atoms. The van der Waals surface area contributed by atoms with Crippen LogP contribution in [0.4, 0.5) is 5.88 Å². The third-order valence-electron chi connectivity index (χ3n) is 2.73. The van der Waals surface area contributed by atoms with Crippen LogP contribution >= 0.6 is 23.4 Å². The Hall–Kier alpha value is -1.99. The highest BCUT2D eigenvalue weighted by Crippen LogP contribution is 2.26. The maximum Gasteiger partial charge on any atom is 0.317 e. The van der Waals surface area contributed by atoms with Gasteiger partial charge >= 0.3 is 5.97 Å². The summed E-state index contributed by atoms with van der Waals surface area (Å²) in [5.74, 6) is -0.729. The molecule has 1 heterocycles. The third-order valence-corrected chi connectivity index (χ3v) is 4.22. The first kappa shape index (κ1) is 17.4. The van der Waals surface area contributed by atoms with E-state index in [1.807, 2.05) is 18.2 Å². The van der Waals surface area contributed by atoms with Gasteiger partial charge in [-0.05, 0) is 26.0 Å². The maximum absolute atomic E-state index is 11.9. The molecule has 1 atom stereocenters. The van der Waals surface area contributed by atoms with E-state index in [0.29, 0.717) is 10.7 Å². The Morgan fingerprint density at radius 3 is 2.83 bits per heavy atom. The van der Waals surface area contributed by atoms with Crippen LogP contribution in [-0.2, 0) is 14.3 Å². The van der Waals surface area contributed by atoms with Crippen molar-refractivity contribution < 1.29 is 18.8 Å². The number of aromatic nitrogens is 1. The summed E-state index contributed by atoms with van der Waals surface area (Å²) in [4.78, 5) is 24.5. The second kappa shape index (κ2) is 8.03. The minimum absolute atomic E-state index is 0.0583. The summed E-state index contributed by atoms with van der Waals surface area (Å²) in [6.07, 6.45) is -0.945. The fourth-order valence-electron chi connectivity index (χ4n) is 1.63. The van der Waals surface area contributed by atoms with Crippen molar-refractivity contribution in [2.75, 3.05) is 11.1 Å². The zero-order chi connectivity index (χ0) is 16.8. The molecule has 122 valence electrons. The van der Waals surface area contributed by atoms with Gasteiger partial charge in [0, 0.05) is 11.0 Å². The van der Waals surface area contributed by atoms with Crippen molar-refractivity contribution in [3.63, 3.8) is 0 Å². The van der Waals surface area contributed by atoms with E-state index >= 15 is 0 Å². The first-order valence-electron chi connectivity index (χ1n) is 6.76. The van der Waals surface area contributed by atoms with Gasteiger partial charge in [0.05, 0.1) is 16.5 Å². The number of ether oxygens (including phenoxy) is 1. The molecule has 0 spiro atoms. The molecule has 1 unspecified atom stereocenters. The molecule has 8 heteroatoms. The fourth-order valence-corrected chi connectivity index (χ4v) is 2.65. The molecule has 0 fully saturated rings. The number of carbonyl (C=O) groups is 2. The average Bonchev–Trinajstić information content (AvgIpc) is 2.91. The topological polar surface area (TPSA) is 81.4 Å². The van der Waals surface area contributed by atoms with E-state index in [9.17, 15) is 9.59 Å². The van der Waals surface area contributed by atoms with Gasteiger partial charge in [-0.1, -0.05) is 28.9 Å². The Balaban J connectivity index is 1.80. The Kier molecular flexibility index (Phi) is 6.06. The van der Waals surface area contributed by atoms with Crippen LogP contribution in [0.2, 0.25) is 5.02 Å². The van der Waals surface area contributed by atoms with Gasteiger partial charge in [0.1, 0.15) is 0 Å². The number of thioether (sulfide) groups is 1. The number of amides is 1. The lowest BCUT2D eigenvalue weighted by atomic mass is 10.3. The Morgan fingerprint density at radius 1 is 1.43 bits per heavy atom. The molecule has 1 aromatic carbocycles. The molecule has 1 amide bonds. The summed E-state index contributed by atoms with van der Waals surface area (Å²) in [5.41, 5.74) is 0.640. The molecular weight excluding hydrogens is 340 g/mol. The molecule has 2 aromatic rings. The van der Waals surface area contributed by atoms with Crippen LogP contribution in [-0.4, -0.2) is 28.9 Å². The molecular formula is C15H15ClN2O4S. The maximum atomic E-state index is 11.9. The smallest absolute Gasteiger partial charge is 0.317 e. The van der Waals surface area contributed by atoms with Crippen LogP contribution in [0.3, 0.4) is 0 Å². The van der Waals surface area contributed by atoms with E-state index in [1.54, 1.807) is 19.1 Å². The number of aryl methyl sites for hydroxylation is 1. The number of esters is 1. The Labute approximate surface area is 142 Å². The summed E-state index contributed by atoms with van der Waals surface area (Å²) in [6.45, 7) is 3.21. The monoisotopic (exact) mass is 354 g/mol. The van der Waals surface area contributed by atoms with Gasteiger partial charge in [-0.2, -0.15) is 0 Å². The van der Waals surface area contributed by atoms with Crippen LogP contribution < -0.4 is 5.32 Å².